The molecule has 132 valence electrons. The fourth-order valence-corrected chi connectivity index (χ4v) is 3.08. The van der Waals surface area contributed by atoms with E-state index >= 15 is 0 Å². The quantitative estimate of drug-likeness (QED) is 0.579. The van der Waals surface area contributed by atoms with E-state index in [2.05, 4.69) is 15.5 Å². The molecule has 7 nitrogen and oxygen atoms in total. The van der Waals surface area contributed by atoms with Crippen LogP contribution in [0.4, 0.5) is 0 Å². The van der Waals surface area contributed by atoms with Crippen molar-refractivity contribution >= 4 is 22.5 Å². The smallest absolute Gasteiger partial charge is 0.268 e. The van der Waals surface area contributed by atoms with Crippen LogP contribution in [-0.2, 0) is 17.8 Å². The van der Waals surface area contributed by atoms with Crippen LogP contribution < -0.4 is 5.32 Å². The summed E-state index contributed by atoms with van der Waals surface area (Å²) in [4.78, 5) is 12.8. The van der Waals surface area contributed by atoms with Crippen LogP contribution in [0.25, 0.3) is 16.6 Å². The Kier molecular flexibility index (Phi) is 4.37. The topological polar surface area (TPSA) is 73.4 Å². The third-order valence-electron chi connectivity index (χ3n) is 4.35. The number of para-hydroxylation sites is 1. The number of rotatable bonds is 6. The second-order valence-corrected chi connectivity index (χ2v) is 5.96. The molecule has 0 bridgehead atoms. The first-order chi connectivity index (χ1) is 12.8. The number of fused-ring (bicyclic) bond motifs is 2. The molecule has 0 saturated heterocycles. The van der Waals surface area contributed by atoms with Crippen molar-refractivity contribution in [1.82, 2.24) is 24.5 Å². The molecule has 7 heteroatoms. The van der Waals surface area contributed by atoms with E-state index < -0.39 is 0 Å². The first-order valence-corrected chi connectivity index (χ1v) is 8.42. The highest BCUT2D eigenvalue weighted by Gasteiger charge is 2.16. The van der Waals surface area contributed by atoms with Gasteiger partial charge in [0.05, 0.1) is 13.2 Å². The molecule has 0 aliphatic heterocycles. The molecular weight excluding hydrogens is 330 g/mol. The van der Waals surface area contributed by atoms with E-state index in [-0.39, 0.29) is 5.91 Å². The molecule has 3 aromatic heterocycles. The molecule has 4 rings (SSSR count). The van der Waals surface area contributed by atoms with Crippen molar-refractivity contribution in [3.8, 4) is 0 Å². The zero-order valence-corrected chi connectivity index (χ0v) is 14.4. The second-order valence-electron chi connectivity index (χ2n) is 5.96. The average Bonchev–Trinajstić information content (AvgIpc) is 3.26. The Labute approximate surface area is 150 Å². The highest BCUT2D eigenvalue weighted by Crippen LogP contribution is 2.20. The summed E-state index contributed by atoms with van der Waals surface area (Å²) in [6.45, 7) is 1.45. The van der Waals surface area contributed by atoms with E-state index in [0.29, 0.717) is 31.2 Å². The molecule has 1 amide bonds. The number of hydrogen-bond acceptors (Lipinski definition) is 4. The van der Waals surface area contributed by atoms with E-state index in [1.165, 1.54) is 0 Å². The lowest BCUT2D eigenvalue weighted by atomic mass is 10.2. The number of carbonyl (C=O) groups is 1. The van der Waals surface area contributed by atoms with Crippen LogP contribution in [0.1, 0.15) is 16.3 Å². The maximum Gasteiger partial charge on any atom is 0.268 e. The number of nitrogens with zero attached hydrogens (tertiary/aromatic N) is 4. The molecule has 0 unspecified atom stereocenters. The highest BCUT2D eigenvalue weighted by atomic mass is 16.5. The number of nitrogens with one attached hydrogen (secondary N) is 1. The number of aromatic nitrogens is 4. The number of ether oxygens (including phenoxy) is 1. The Bertz CT molecular complexity index is 1070. The van der Waals surface area contributed by atoms with Crippen molar-refractivity contribution < 1.29 is 9.53 Å². The molecule has 0 spiro atoms. The molecule has 0 atom stereocenters. The minimum Gasteiger partial charge on any atom is -0.383 e. The summed E-state index contributed by atoms with van der Waals surface area (Å²) in [7, 11) is 1.65. The van der Waals surface area contributed by atoms with Gasteiger partial charge in [0.25, 0.3) is 5.91 Å². The molecule has 1 N–H and O–H groups in total. The van der Waals surface area contributed by atoms with E-state index in [0.717, 1.165) is 16.6 Å². The van der Waals surface area contributed by atoms with Crippen LogP contribution in [0.15, 0.2) is 54.7 Å². The van der Waals surface area contributed by atoms with Gasteiger partial charge in [-0.2, -0.15) is 0 Å². The molecule has 0 aliphatic rings. The van der Waals surface area contributed by atoms with Crippen molar-refractivity contribution in [1.29, 1.82) is 0 Å². The standard InChI is InChI=1S/C19H19N5O2/c1-26-11-10-23-15-7-3-2-6-14(15)12-16(23)19(25)20-13-18-22-21-17-8-4-5-9-24(17)18/h2-9,12H,10-11,13H2,1H3,(H,20,25). The van der Waals surface area contributed by atoms with Gasteiger partial charge in [-0.05, 0) is 24.3 Å². The van der Waals surface area contributed by atoms with Gasteiger partial charge in [0.1, 0.15) is 5.69 Å². The van der Waals surface area contributed by atoms with Crippen molar-refractivity contribution in [3.05, 3.63) is 66.2 Å². The van der Waals surface area contributed by atoms with Gasteiger partial charge in [-0.3, -0.25) is 9.20 Å². The molecule has 0 saturated carbocycles. The van der Waals surface area contributed by atoms with Gasteiger partial charge in [-0.1, -0.05) is 24.3 Å². The lowest BCUT2D eigenvalue weighted by Crippen LogP contribution is -2.26. The van der Waals surface area contributed by atoms with E-state index in [1.54, 1.807) is 7.11 Å². The number of pyridine rings is 1. The molecule has 1 aromatic carbocycles. The Balaban J connectivity index is 1.59. The number of amides is 1. The fraction of sp³-hybridized carbons (Fsp3) is 0.211. The molecule has 3 heterocycles. The summed E-state index contributed by atoms with van der Waals surface area (Å²) in [5, 5.41) is 12.2. The van der Waals surface area contributed by atoms with Crippen molar-refractivity contribution in [2.24, 2.45) is 0 Å². The zero-order valence-electron chi connectivity index (χ0n) is 14.4. The summed E-state index contributed by atoms with van der Waals surface area (Å²) in [5.41, 5.74) is 2.38. The Morgan fingerprint density at radius 3 is 2.88 bits per heavy atom. The maximum absolute atomic E-state index is 12.8. The van der Waals surface area contributed by atoms with E-state index in [9.17, 15) is 4.79 Å². The Morgan fingerprint density at radius 2 is 2.00 bits per heavy atom. The Hall–Kier alpha value is -3.19. The zero-order chi connectivity index (χ0) is 17.9. The summed E-state index contributed by atoms with van der Waals surface area (Å²) in [6.07, 6.45) is 1.88. The second kappa shape index (κ2) is 6.97. The summed E-state index contributed by atoms with van der Waals surface area (Å²) in [5.74, 6) is 0.540. The predicted molar refractivity (Wildman–Crippen MR) is 98.0 cm³/mol. The molecule has 0 fully saturated rings. The van der Waals surface area contributed by atoms with Gasteiger partial charge in [-0.15, -0.1) is 10.2 Å². The summed E-state index contributed by atoms with van der Waals surface area (Å²) >= 11 is 0. The normalized spacial score (nSPS) is 11.3. The van der Waals surface area contributed by atoms with Gasteiger partial charge in [0.15, 0.2) is 11.5 Å². The number of carbonyl (C=O) groups excluding carboxylic acids is 1. The lowest BCUT2D eigenvalue weighted by Gasteiger charge is -2.10. The van der Waals surface area contributed by atoms with Crippen molar-refractivity contribution in [2.45, 2.75) is 13.1 Å². The fourth-order valence-electron chi connectivity index (χ4n) is 3.08. The molecular formula is C19H19N5O2. The van der Waals surface area contributed by atoms with Crippen LogP contribution >= 0.6 is 0 Å². The van der Waals surface area contributed by atoms with Gasteiger partial charge >= 0.3 is 0 Å². The summed E-state index contributed by atoms with van der Waals surface area (Å²) in [6, 6.07) is 15.5. The average molecular weight is 349 g/mol. The number of benzene rings is 1. The molecule has 4 aromatic rings. The third kappa shape index (κ3) is 2.93. The van der Waals surface area contributed by atoms with E-state index in [1.807, 2.05) is 63.7 Å². The molecule has 0 radical (unpaired) electrons. The lowest BCUT2D eigenvalue weighted by molar-refractivity contribution is 0.0938. The highest BCUT2D eigenvalue weighted by molar-refractivity contribution is 5.98. The SMILES string of the molecule is COCCn1c(C(=O)NCc2nnc3ccccn23)cc2ccccc21. The Morgan fingerprint density at radius 1 is 1.15 bits per heavy atom. The number of hydrogen-bond donors (Lipinski definition) is 1. The number of methoxy groups -OCH3 is 1. The van der Waals surface area contributed by atoms with Crippen molar-refractivity contribution in [3.63, 3.8) is 0 Å². The summed E-state index contributed by atoms with van der Waals surface area (Å²) < 4.78 is 9.04. The van der Waals surface area contributed by atoms with Crippen LogP contribution in [0.5, 0.6) is 0 Å². The predicted octanol–water partition coefficient (Wildman–Crippen LogP) is 2.26. The first-order valence-electron chi connectivity index (χ1n) is 8.42. The van der Waals surface area contributed by atoms with Gasteiger partial charge < -0.3 is 14.6 Å². The van der Waals surface area contributed by atoms with Crippen LogP contribution in [0.3, 0.4) is 0 Å². The largest absolute Gasteiger partial charge is 0.383 e. The van der Waals surface area contributed by atoms with Gasteiger partial charge in [0.2, 0.25) is 0 Å². The van der Waals surface area contributed by atoms with E-state index in [4.69, 9.17) is 4.74 Å². The third-order valence-corrected chi connectivity index (χ3v) is 4.35. The van der Waals surface area contributed by atoms with Crippen LogP contribution in [-0.4, -0.2) is 38.8 Å². The van der Waals surface area contributed by atoms with Crippen LogP contribution in [0, 0.1) is 0 Å². The monoisotopic (exact) mass is 349 g/mol. The van der Waals surface area contributed by atoms with Crippen LogP contribution in [0.2, 0.25) is 0 Å². The minimum atomic E-state index is -0.148. The maximum atomic E-state index is 12.8. The first kappa shape index (κ1) is 16.3. The van der Waals surface area contributed by atoms with Gasteiger partial charge in [0, 0.05) is 30.8 Å². The molecule has 0 aliphatic carbocycles. The molecule has 26 heavy (non-hydrogen) atoms. The minimum absolute atomic E-state index is 0.148. The van der Waals surface area contributed by atoms with Gasteiger partial charge in [-0.25, -0.2) is 0 Å². The van der Waals surface area contributed by atoms with Crippen molar-refractivity contribution in [2.75, 3.05) is 13.7 Å².